The second-order valence-corrected chi connectivity index (χ2v) is 14.5. The number of nitrogens with two attached hydrogens (primary N) is 2. The van der Waals surface area contributed by atoms with E-state index >= 15 is 0 Å². The molecule has 5 N–H and O–H groups in total. The number of pyridine rings is 1. The molecule has 0 saturated carbocycles. The Morgan fingerprint density at radius 2 is 1.52 bits per heavy atom. The monoisotopic (exact) mass is 686 g/mol. The molecule has 0 bridgehead atoms. The molecule has 50 heavy (non-hydrogen) atoms. The van der Waals surface area contributed by atoms with E-state index in [0.717, 1.165) is 41.8 Å². The van der Waals surface area contributed by atoms with Crippen molar-refractivity contribution in [2.24, 2.45) is 11.5 Å². The number of aromatic nitrogens is 1. The summed E-state index contributed by atoms with van der Waals surface area (Å²) in [6, 6.07) is 31.0. The minimum Gasteiger partial charge on any atom is -0.404 e. The Bertz CT molecular complexity index is 2320. The highest BCUT2D eigenvalue weighted by Gasteiger charge is 2.25. The molecule has 1 aliphatic heterocycles. The van der Waals surface area contributed by atoms with Crippen LogP contribution in [0.2, 0.25) is 0 Å². The summed E-state index contributed by atoms with van der Waals surface area (Å²) in [6.45, 7) is 0. The Hall–Kier alpha value is -5.17. The smallest absolute Gasteiger partial charge is 0.0793 e. The maximum atomic E-state index is 6.45. The van der Waals surface area contributed by atoms with Crippen LogP contribution in [0.3, 0.4) is 0 Å². The Morgan fingerprint density at radius 1 is 0.840 bits per heavy atom. The largest absolute Gasteiger partial charge is 0.404 e. The Kier molecular flexibility index (Phi) is 9.21. The molecule has 6 aromatic rings. The molecule has 2 aliphatic rings. The van der Waals surface area contributed by atoms with Crippen molar-refractivity contribution in [3.63, 3.8) is 0 Å². The third-order valence-corrected chi connectivity index (χ3v) is 11.4. The van der Waals surface area contributed by atoms with Gasteiger partial charge >= 0.3 is 0 Å². The van der Waals surface area contributed by atoms with Crippen molar-refractivity contribution < 1.29 is 0 Å². The number of hydrogen-bond acceptors (Lipinski definition) is 6. The second-order valence-electron chi connectivity index (χ2n) is 12.5. The lowest BCUT2D eigenvalue weighted by atomic mass is 9.77. The van der Waals surface area contributed by atoms with E-state index in [0.29, 0.717) is 5.37 Å². The quantitative estimate of drug-likeness (QED) is 0.104. The van der Waals surface area contributed by atoms with Gasteiger partial charge in [-0.1, -0.05) is 103 Å². The van der Waals surface area contributed by atoms with Gasteiger partial charge in [0.2, 0.25) is 0 Å². The van der Waals surface area contributed by atoms with E-state index < -0.39 is 0 Å². The summed E-state index contributed by atoms with van der Waals surface area (Å²) >= 11 is 3.46. The highest BCUT2D eigenvalue weighted by Crippen LogP contribution is 2.49. The molecule has 2 heterocycles. The van der Waals surface area contributed by atoms with Crippen LogP contribution in [0.1, 0.15) is 35.2 Å². The molecule has 1 atom stereocenters. The number of rotatable bonds is 9. The molecule has 0 amide bonds. The van der Waals surface area contributed by atoms with Gasteiger partial charge in [0.25, 0.3) is 0 Å². The molecule has 0 radical (unpaired) electrons. The second kappa shape index (κ2) is 14.4. The highest BCUT2D eigenvalue weighted by molar-refractivity contribution is 8.02. The van der Waals surface area contributed by atoms with E-state index in [2.05, 4.69) is 120 Å². The van der Waals surface area contributed by atoms with Gasteiger partial charge in [0.1, 0.15) is 0 Å². The normalized spacial score (nSPS) is 15.9. The molecule has 6 heteroatoms. The number of thioether (sulfide) groups is 2. The van der Waals surface area contributed by atoms with Crippen molar-refractivity contribution in [3.05, 3.63) is 161 Å². The van der Waals surface area contributed by atoms with Gasteiger partial charge in [-0.25, -0.2) is 0 Å². The molecular formula is C44H38N4S2. The third-order valence-electron chi connectivity index (χ3n) is 9.62. The fourth-order valence-electron chi connectivity index (χ4n) is 7.52. The van der Waals surface area contributed by atoms with Crippen LogP contribution in [0.4, 0.5) is 0 Å². The minimum absolute atomic E-state index is 0.359. The lowest BCUT2D eigenvalue weighted by molar-refractivity contribution is 0.806. The SMILES string of the molecule is N/C=C\SCc1ccc(-c2c3ccccc3c(-c3c4c(c(C(/C=C\CC5NC=CS5)=C/N)c5ccccc35)CCC=C4)c3ccccc23)cn1. The Balaban J connectivity index is 1.37. The summed E-state index contributed by atoms with van der Waals surface area (Å²) < 4.78 is 0. The lowest BCUT2D eigenvalue weighted by Gasteiger charge is -2.26. The predicted octanol–water partition coefficient (Wildman–Crippen LogP) is 10.9. The molecular weight excluding hydrogens is 649 g/mol. The van der Waals surface area contributed by atoms with Crippen LogP contribution in [0.15, 0.2) is 139 Å². The first-order valence-electron chi connectivity index (χ1n) is 17.0. The van der Waals surface area contributed by atoms with Crippen LogP contribution in [-0.2, 0) is 12.2 Å². The maximum Gasteiger partial charge on any atom is 0.0793 e. The van der Waals surface area contributed by atoms with Gasteiger partial charge in [0, 0.05) is 36.1 Å². The Labute approximate surface area is 301 Å². The number of nitrogens with zero attached hydrogens (tertiary/aromatic N) is 1. The number of hydrogen-bond donors (Lipinski definition) is 3. The molecule has 246 valence electrons. The zero-order valence-corrected chi connectivity index (χ0v) is 29.3. The van der Waals surface area contributed by atoms with Gasteiger partial charge < -0.3 is 16.8 Å². The molecule has 5 aromatic carbocycles. The lowest BCUT2D eigenvalue weighted by Crippen LogP contribution is -2.14. The van der Waals surface area contributed by atoms with Crippen molar-refractivity contribution in [1.29, 1.82) is 0 Å². The first-order chi connectivity index (χ1) is 24.8. The molecule has 4 nitrogen and oxygen atoms in total. The van der Waals surface area contributed by atoms with Crippen LogP contribution in [0.5, 0.6) is 0 Å². The van der Waals surface area contributed by atoms with Crippen molar-refractivity contribution in [1.82, 2.24) is 10.3 Å². The van der Waals surface area contributed by atoms with E-state index in [1.165, 1.54) is 65.7 Å². The van der Waals surface area contributed by atoms with Gasteiger partial charge in [0.05, 0.1) is 11.1 Å². The summed E-state index contributed by atoms with van der Waals surface area (Å²) in [5.74, 6) is 0.779. The van der Waals surface area contributed by atoms with Crippen LogP contribution < -0.4 is 16.8 Å². The van der Waals surface area contributed by atoms with E-state index in [1.807, 2.05) is 29.6 Å². The standard InChI is InChI=1S/C44H38N4S2/c45-22-24-49-28-31-21-20-30(27-48-31)42-34-13-3-7-17-38(34)44(39-18-8-4-14-35(39)42)43-36-15-5-1-11-32(36)41(33-12-2-6-16-37(33)43)29(26-46)10-9-19-40-47-23-25-50-40/h1,3-11,13-18,20-27,40,47H,2,12,19,28,45-46H2/b10-9-,24-22-,29-26+. The van der Waals surface area contributed by atoms with Crippen LogP contribution in [0.25, 0.3) is 66.2 Å². The molecule has 0 spiro atoms. The number of allylic oxidation sites excluding steroid dienone is 3. The van der Waals surface area contributed by atoms with Gasteiger partial charge in [-0.15, -0.1) is 23.5 Å². The molecule has 0 fully saturated rings. The molecule has 8 rings (SSSR count). The van der Waals surface area contributed by atoms with E-state index in [-0.39, 0.29) is 0 Å². The maximum absolute atomic E-state index is 6.45. The van der Waals surface area contributed by atoms with Crippen molar-refractivity contribution in [2.45, 2.75) is 30.4 Å². The predicted molar refractivity (Wildman–Crippen MR) is 219 cm³/mol. The average molecular weight is 687 g/mol. The Morgan fingerprint density at radius 3 is 2.14 bits per heavy atom. The first kappa shape index (κ1) is 32.1. The number of benzene rings is 5. The van der Waals surface area contributed by atoms with Gasteiger partial charge in [-0.05, 0) is 107 Å². The zero-order chi connectivity index (χ0) is 33.9. The summed E-state index contributed by atoms with van der Waals surface area (Å²) in [5.41, 5.74) is 22.8. The van der Waals surface area contributed by atoms with Crippen molar-refractivity contribution in [3.8, 4) is 22.3 Å². The van der Waals surface area contributed by atoms with E-state index in [9.17, 15) is 0 Å². The van der Waals surface area contributed by atoms with Crippen molar-refractivity contribution >= 4 is 67.5 Å². The fraction of sp³-hybridized carbons (Fsp3) is 0.114. The van der Waals surface area contributed by atoms with Gasteiger partial charge in [-0.3, -0.25) is 4.98 Å². The average Bonchev–Trinajstić information content (AvgIpc) is 3.69. The number of fused-ring (bicyclic) bond motifs is 4. The van der Waals surface area contributed by atoms with Crippen LogP contribution in [-0.4, -0.2) is 10.4 Å². The molecule has 1 unspecified atom stereocenters. The summed E-state index contributed by atoms with van der Waals surface area (Å²) in [7, 11) is 0. The zero-order valence-electron chi connectivity index (χ0n) is 27.7. The molecule has 1 aliphatic carbocycles. The fourth-order valence-corrected chi connectivity index (χ4v) is 8.80. The number of nitrogens with one attached hydrogen (secondary N) is 1. The van der Waals surface area contributed by atoms with E-state index in [1.54, 1.807) is 24.2 Å². The van der Waals surface area contributed by atoms with Gasteiger partial charge in [-0.2, -0.15) is 0 Å². The summed E-state index contributed by atoms with van der Waals surface area (Å²) in [4.78, 5) is 4.86. The van der Waals surface area contributed by atoms with Crippen LogP contribution >= 0.6 is 23.5 Å². The first-order valence-corrected chi connectivity index (χ1v) is 19.0. The summed E-state index contributed by atoms with van der Waals surface area (Å²) in [5, 5.41) is 15.1. The molecule has 1 aromatic heterocycles. The van der Waals surface area contributed by atoms with Crippen molar-refractivity contribution in [2.75, 3.05) is 0 Å². The molecule has 0 saturated heterocycles. The highest BCUT2D eigenvalue weighted by atomic mass is 32.2. The van der Waals surface area contributed by atoms with E-state index in [4.69, 9.17) is 16.5 Å². The summed E-state index contributed by atoms with van der Waals surface area (Å²) in [6.07, 6.45) is 19.4. The third kappa shape index (κ3) is 5.89. The topological polar surface area (TPSA) is 77.0 Å². The van der Waals surface area contributed by atoms with Crippen LogP contribution in [0, 0.1) is 0 Å². The van der Waals surface area contributed by atoms with Gasteiger partial charge in [0.15, 0.2) is 0 Å². The minimum atomic E-state index is 0.359.